The van der Waals surface area contributed by atoms with E-state index in [0.717, 1.165) is 0 Å². The highest BCUT2D eigenvalue weighted by Crippen LogP contribution is 2.21. The SMILES string of the molecule is COC(=O)c1c(C)[nH]c(C(=O)[C@@H](C)OC(=O)c2nccnc2N)c1C. The zero-order chi connectivity index (χ0) is 18.7. The van der Waals surface area contributed by atoms with Gasteiger partial charge in [0, 0.05) is 18.1 Å². The number of nitrogens with zero attached hydrogens (tertiary/aromatic N) is 2. The summed E-state index contributed by atoms with van der Waals surface area (Å²) in [6, 6.07) is 0. The molecule has 2 rings (SSSR count). The number of methoxy groups -OCH3 is 1. The predicted octanol–water partition coefficient (Wildman–Crippen LogP) is 1.22. The molecule has 3 N–H and O–H groups in total. The summed E-state index contributed by atoms with van der Waals surface area (Å²) < 4.78 is 9.82. The number of aryl methyl sites for hydroxylation is 1. The summed E-state index contributed by atoms with van der Waals surface area (Å²) in [5.41, 5.74) is 6.76. The molecule has 9 heteroatoms. The number of nitrogen functional groups attached to an aromatic ring is 1. The highest BCUT2D eigenvalue weighted by Gasteiger charge is 2.28. The molecular weight excluding hydrogens is 328 g/mol. The Labute approximate surface area is 143 Å². The quantitative estimate of drug-likeness (QED) is 0.609. The highest BCUT2D eigenvalue weighted by atomic mass is 16.5. The molecule has 25 heavy (non-hydrogen) atoms. The maximum Gasteiger partial charge on any atom is 0.361 e. The number of aromatic nitrogens is 3. The minimum absolute atomic E-state index is 0.0907. The maximum absolute atomic E-state index is 12.6. The average molecular weight is 346 g/mol. The van der Waals surface area contributed by atoms with E-state index in [1.54, 1.807) is 13.8 Å². The molecular formula is C16H18N4O5. The number of nitrogens with one attached hydrogen (secondary N) is 1. The number of ether oxygens (including phenoxy) is 2. The molecule has 0 fully saturated rings. The summed E-state index contributed by atoms with van der Waals surface area (Å²) in [5.74, 6) is -2.00. The monoisotopic (exact) mass is 346 g/mol. The summed E-state index contributed by atoms with van der Waals surface area (Å²) in [6.07, 6.45) is 1.51. The highest BCUT2D eigenvalue weighted by molar-refractivity contribution is 6.04. The fraction of sp³-hybridized carbons (Fsp3) is 0.312. The molecule has 0 saturated heterocycles. The smallest absolute Gasteiger partial charge is 0.361 e. The first kappa shape index (κ1) is 18.1. The number of esters is 2. The molecule has 0 bridgehead atoms. The van der Waals surface area contributed by atoms with Crippen molar-refractivity contribution < 1.29 is 23.9 Å². The minimum Gasteiger partial charge on any atom is -0.465 e. The number of carbonyl (C=O) groups excluding carboxylic acids is 3. The number of carbonyl (C=O) groups is 3. The van der Waals surface area contributed by atoms with Gasteiger partial charge in [-0.25, -0.2) is 19.6 Å². The lowest BCUT2D eigenvalue weighted by Crippen LogP contribution is -2.26. The van der Waals surface area contributed by atoms with E-state index in [-0.39, 0.29) is 22.8 Å². The standard InChI is InChI=1S/C16H18N4O5/c1-7-10(15(22)24-4)8(2)20-11(7)13(21)9(3)25-16(23)12-14(17)19-6-5-18-12/h5-6,9,20H,1-4H3,(H2,17,19)/t9-/m1/s1. The van der Waals surface area contributed by atoms with E-state index in [2.05, 4.69) is 15.0 Å². The molecule has 2 aromatic heterocycles. The van der Waals surface area contributed by atoms with Gasteiger partial charge in [-0.15, -0.1) is 0 Å². The van der Waals surface area contributed by atoms with Crippen LogP contribution < -0.4 is 5.73 Å². The molecule has 0 aromatic carbocycles. The molecule has 0 aliphatic rings. The van der Waals surface area contributed by atoms with Crippen LogP contribution in [0.5, 0.6) is 0 Å². The van der Waals surface area contributed by atoms with Crippen LogP contribution in [0.2, 0.25) is 0 Å². The Morgan fingerprint density at radius 3 is 2.40 bits per heavy atom. The number of aromatic amines is 1. The second kappa shape index (κ2) is 7.12. The van der Waals surface area contributed by atoms with Crippen LogP contribution in [0.1, 0.15) is 49.5 Å². The van der Waals surface area contributed by atoms with Crippen LogP contribution in [-0.4, -0.2) is 45.9 Å². The molecule has 0 saturated carbocycles. The maximum atomic E-state index is 12.6. The fourth-order valence-electron chi connectivity index (χ4n) is 2.38. The molecule has 0 aliphatic carbocycles. The van der Waals surface area contributed by atoms with Crippen molar-refractivity contribution in [2.75, 3.05) is 12.8 Å². The molecule has 132 valence electrons. The lowest BCUT2D eigenvalue weighted by Gasteiger charge is -2.12. The lowest BCUT2D eigenvalue weighted by molar-refractivity contribution is 0.0312. The van der Waals surface area contributed by atoms with Crippen molar-refractivity contribution in [3.05, 3.63) is 40.6 Å². The van der Waals surface area contributed by atoms with Gasteiger partial charge >= 0.3 is 11.9 Å². The van der Waals surface area contributed by atoms with Gasteiger partial charge < -0.3 is 20.2 Å². The number of H-pyrrole nitrogens is 1. The van der Waals surface area contributed by atoms with E-state index < -0.39 is 23.8 Å². The number of anilines is 1. The van der Waals surface area contributed by atoms with E-state index in [1.807, 2.05) is 0 Å². The minimum atomic E-state index is -1.11. The molecule has 2 heterocycles. The number of hydrogen-bond donors (Lipinski definition) is 2. The number of rotatable bonds is 5. The van der Waals surface area contributed by atoms with Gasteiger partial charge in [-0.05, 0) is 26.3 Å². The van der Waals surface area contributed by atoms with Gasteiger partial charge in [-0.1, -0.05) is 0 Å². The molecule has 9 nitrogen and oxygen atoms in total. The Bertz CT molecular complexity index is 843. The van der Waals surface area contributed by atoms with Gasteiger partial charge in [0.2, 0.25) is 5.78 Å². The van der Waals surface area contributed by atoms with Crippen molar-refractivity contribution in [3.8, 4) is 0 Å². The van der Waals surface area contributed by atoms with Crippen molar-refractivity contribution >= 4 is 23.5 Å². The largest absolute Gasteiger partial charge is 0.465 e. The lowest BCUT2D eigenvalue weighted by atomic mass is 10.1. The number of nitrogens with two attached hydrogens (primary N) is 1. The van der Waals surface area contributed by atoms with Crippen molar-refractivity contribution in [1.82, 2.24) is 15.0 Å². The van der Waals surface area contributed by atoms with Gasteiger partial charge in [-0.3, -0.25) is 4.79 Å². The van der Waals surface area contributed by atoms with Crippen LogP contribution >= 0.6 is 0 Å². The second-order valence-electron chi connectivity index (χ2n) is 5.32. The third-order valence-corrected chi connectivity index (χ3v) is 3.65. The Morgan fingerprint density at radius 1 is 1.16 bits per heavy atom. The molecule has 0 amide bonds. The van der Waals surface area contributed by atoms with E-state index in [9.17, 15) is 14.4 Å². The normalized spacial score (nSPS) is 11.7. The number of hydrogen-bond acceptors (Lipinski definition) is 8. The van der Waals surface area contributed by atoms with Crippen molar-refractivity contribution in [1.29, 1.82) is 0 Å². The predicted molar refractivity (Wildman–Crippen MR) is 87.3 cm³/mol. The summed E-state index contributed by atoms with van der Waals surface area (Å²) >= 11 is 0. The van der Waals surface area contributed by atoms with E-state index in [0.29, 0.717) is 11.3 Å². The van der Waals surface area contributed by atoms with Crippen LogP contribution in [0.25, 0.3) is 0 Å². The molecule has 0 unspecified atom stereocenters. The van der Waals surface area contributed by atoms with Gasteiger partial charge in [0.25, 0.3) is 0 Å². The fourth-order valence-corrected chi connectivity index (χ4v) is 2.38. The summed E-state index contributed by atoms with van der Waals surface area (Å²) in [7, 11) is 1.26. The molecule has 0 aliphatic heterocycles. The number of Topliss-reactive ketones (excluding diaryl/α,β-unsaturated/α-hetero) is 1. The zero-order valence-electron chi connectivity index (χ0n) is 14.2. The first-order valence-corrected chi connectivity index (χ1v) is 7.37. The van der Waals surface area contributed by atoms with Crippen molar-refractivity contribution in [3.63, 3.8) is 0 Å². The van der Waals surface area contributed by atoms with Crippen LogP contribution in [0.15, 0.2) is 12.4 Å². The topological polar surface area (TPSA) is 137 Å². The summed E-state index contributed by atoms with van der Waals surface area (Å²) in [6.45, 7) is 4.67. The van der Waals surface area contributed by atoms with E-state index >= 15 is 0 Å². The molecule has 2 aromatic rings. The van der Waals surface area contributed by atoms with E-state index in [4.69, 9.17) is 15.2 Å². The van der Waals surface area contributed by atoms with Gasteiger partial charge in [0.1, 0.15) is 0 Å². The Kier molecular flexibility index (Phi) is 5.16. The van der Waals surface area contributed by atoms with Crippen LogP contribution in [-0.2, 0) is 9.47 Å². The Morgan fingerprint density at radius 2 is 1.80 bits per heavy atom. The van der Waals surface area contributed by atoms with Crippen LogP contribution in [0, 0.1) is 13.8 Å². The Balaban J connectivity index is 2.22. The van der Waals surface area contributed by atoms with Crippen LogP contribution in [0.3, 0.4) is 0 Å². The molecule has 0 radical (unpaired) electrons. The average Bonchev–Trinajstić information content (AvgIpc) is 2.88. The van der Waals surface area contributed by atoms with E-state index in [1.165, 1.54) is 26.4 Å². The summed E-state index contributed by atoms with van der Waals surface area (Å²) in [5, 5.41) is 0. The van der Waals surface area contributed by atoms with Crippen molar-refractivity contribution in [2.45, 2.75) is 26.9 Å². The van der Waals surface area contributed by atoms with Crippen molar-refractivity contribution in [2.24, 2.45) is 0 Å². The zero-order valence-corrected chi connectivity index (χ0v) is 14.2. The summed E-state index contributed by atoms with van der Waals surface area (Å²) in [4.78, 5) is 46.8. The van der Waals surface area contributed by atoms with Crippen LogP contribution in [0.4, 0.5) is 5.82 Å². The Hall–Kier alpha value is -3.23. The second-order valence-corrected chi connectivity index (χ2v) is 5.32. The molecule has 1 atom stereocenters. The van der Waals surface area contributed by atoms with Gasteiger partial charge in [0.05, 0.1) is 18.4 Å². The first-order chi connectivity index (χ1) is 11.8. The first-order valence-electron chi connectivity index (χ1n) is 7.37. The third-order valence-electron chi connectivity index (χ3n) is 3.65. The third kappa shape index (κ3) is 3.49. The van der Waals surface area contributed by atoms with Gasteiger partial charge in [0.15, 0.2) is 17.6 Å². The number of ketones is 1. The molecule has 0 spiro atoms. The van der Waals surface area contributed by atoms with Gasteiger partial charge in [-0.2, -0.15) is 0 Å².